The summed E-state index contributed by atoms with van der Waals surface area (Å²) in [5, 5.41) is 0. The Kier molecular flexibility index (Phi) is 7.33. The number of Topliss-reactive ketones (excluding diaryl/α,β-unsaturated/α-hetero) is 1. The molecular formula is C10H18F3NO2. The average Bonchev–Trinajstić information content (AvgIpc) is 2.15. The lowest BCUT2D eigenvalue weighted by Crippen LogP contribution is -2.30. The molecule has 0 aromatic rings. The fourth-order valence-corrected chi connectivity index (χ4v) is 1.26. The predicted octanol–water partition coefficient (Wildman–Crippen LogP) is 2.04. The highest BCUT2D eigenvalue weighted by atomic mass is 19.4. The maximum absolute atomic E-state index is 11.8. The Labute approximate surface area is 93.1 Å². The Balaban J connectivity index is 3.63. The van der Waals surface area contributed by atoms with Crippen LogP contribution < -0.4 is 5.73 Å². The quantitative estimate of drug-likeness (QED) is 0.662. The number of ketones is 1. The molecule has 1 atom stereocenters. The third-order valence-electron chi connectivity index (χ3n) is 2.16. The van der Waals surface area contributed by atoms with Crippen LogP contribution in [-0.2, 0) is 9.53 Å². The minimum Gasteiger partial charge on any atom is -0.385 e. The molecule has 16 heavy (non-hydrogen) atoms. The van der Waals surface area contributed by atoms with E-state index in [4.69, 9.17) is 10.5 Å². The van der Waals surface area contributed by atoms with Crippen molar-refractivity contribution in [1.82, 2.24) is 0 Å². The van der Waals surface area contributed by atoms with Crippen molar-refractivity contribution in [2.45, 2.75) is 44.3 Å². The largest absolute Gasteiger partial charge is 0.389 e. The minimum absolute atomic E-state index is 0.104. The number of hydrogen-bond acceptors (Lipinski definition) is 3. The van der Waals surface area contributed by atoms with Crippen LogP contribution in [0.1, 0.15) is 32.1 Å². The van der Waals surface area contributed by atoms with Crippen molar-refractivity contribution in [3.05, 3.63) is 0 Å². The van der Waals surface area contributed by atoms with Crippen LogP contribution in [0, 0.1) is 0 Å². The van der Waals surface area contributed by atoms with E-state index in [2.05, 4.69) is 0 Å². The van der Waals surface area contributed by atoms with Crippen molar-refractivity contribution in [1.29, 1.82) is 0 Å². The standard InChI is InChI=1S/C10H18F3NO2/c1-16-7-3-4-8(14)9(15)5-2-6-10(11,12)13/h8H,2-7,14H2,1H3. The van der Waals surface area contributed by atoms with E-state index in [0.29, 0.717) is 19.4 Å². The zero-order valence-corrected chi connectivity index (χ0v) is 9.35. The summed E-state index contributed by atoms with van der Waals surface area (Å²) in [6.07, 6.45) is -4.31. The second-order valence-corrected chi connectivity index (χ2v) is 3.68. The summed E-state index contributed by atoms with van der Waals surface area (Å²) >= 11 is 0. The van der Waals surface area contributed by atoms with Crippen molar-refractivity contribution in [2.75, 3.05) is 13.7 Å². The molecule has 0 saturated heterocycles. The second kappa shape index (κ2) is 7.62. The highest BCUT2D eigenvalue weighted by Crippen LogP contribution is 2.22. The summed E-state index contributed by atoms with van der Waals surface area (Å²) in [5.41, 5.74) is 5.52. The Morgan fingerprint density at radius 1 is 1.38 bits per heavy atom. The third kappa shape index (κ3) is 8.67. The second-order valence-electron chi connectivity index (χ2n) is 3.68. The number of carbonyl (C=O) groups is 1. The van der Waals surface area contributed by atoms with Crippen LogP contribution in [-0.4, -0.2) is 31.7 Å². The van der Waals surface area contributed by atoms with E-state index in [1.807, 2.05) is 0 Å². The highest BCUT2D eigenvalue weighted by molar-refractivity contribution is 5.83. The molecular weight excluding hydrogens is 223 g/mol. The summed E-state index contributed by atoms with van der Waals surface area (Å²) in [4.78, 5) is 11.3. The smallest absolute Gasteiger partial charge is 0.385 e. The van der Waals surface area contributed by atoms with E-state index < -0.39 is 18.6 Å². The first-order valence-electron chi connectivity index (χ1n) is 5.21. The Morgan fingerprint density at radius 2 is 2.00 bits per heavy atom. The van der Waals surface area contributed by atoms with Gasteiger partial charge >= 0.3 is 6.18 Å². The van der Waals surface area contributed by atoms with Gasteiger partial charge in [-0.15, -0.1) is 0 Å². The molecule has 0 aliphatic heterocycles. The molecule has 1 unspecified atom stereocenters. The van der Waals surface area contributed by atoms with Gasteiger partial charge in [-0.1, -0.05) is 0 Å². The molecule has 0 amide bonds. The van der Waals surface area contributed by atoms with Crippen molar-refractivity contribution < 1.29 is 22.7 Å². The van der Waals surface area contributed by atoms with Gasteiger partial charge in [0, 0.05) is 26.6 Å². The minimum atomic E-state index is -4.19. The van der Waals surface area contributed by atoms with Crippen LogP contribution in [0.5, 0.6) is 0 Å². The van der Waals surface area contributed by atoms with E-state index in [9.17, 15) is 18.0 Å². The Bertz CT molecular complexity index is 207. The molecule has 2 N–H and O–H groups in total. The number of hydrogen-bond donors (Lipinski definition) is 1. The Hall–Kier alpha value is -0.620. The number of ether oxygens (including phenoxy) is 1. The van der Waals surface area contributed by atoms with Gasteiger partial charge in [-0.25, -0.2) is 0 Å². The lowest BCUT2D eigenvalue weighted by Gasteiger charge is -2.10. The summed E-state index contributed by atoms with van der Waals surface area (Å²) in [5.74, 6) is -0.305. The number of halogens is 3. The van der Waals surface area contributed by atoms with Gasteiger partial charge in [0.15, 0.2) is 0 Å². The molecule has 0 rings (SSSR count). The molecule has 0 spiro atoms. The van der Waals surface area contributed by atoms with E-state index in [1.54, 1.807) is 0 Å². The first-order valence-corrected chi connectivity index (χ1v) is 5.21. The summed E-state index contributed by atoms with van der Waals surface area (Å²) < 4.78 is 40.2. The fourth-order valence-electron chi connectivity index (χ4n) is 1.26. The molecule has 96 valence electrons. The molecule has 0 aromatic carbocycles. The van der Waals surface area contributed by atoms with Gasteiger partial charge in [0.1, 0.15) is 5.78 Å². The van der Waals surface area contributed by atoms with Gasteiger partial charge in [0.2, 0.25) is 0 Å². The summed E-state index contributed by atoms with van der Waals surface area (Å²) in [7, 11) is 1.54. The number of carbonyl (C=O) groups excluding carboxylic acids is 1. The summed E-state index contributed by atoms with van der Waals surface area (Å²) in [6.45, 7) is 0.504. The third-order valence-corrected chi connectivity index (χ3v) is 2.16. The molecule has 0 bridgehead atoms. The summed E-state index contributed by atoms with van der Waals surface area (Å²) in [6, 6.07) is -0.664. The monoisotopic (exact) mass is 241 g/mol. The fraction of sp³-hybridized carbons (Fsp3) is 0.900. The zero-order valence-electron chi connectivity index (χ0n) is 9.35. The molecule has 0 aliphatic rings. The van der Waals surface area contributed by atoms with Crippen molar-refractivity contribution in [3.8, 4) is 0 Å². The lowest BCUT2D eigenvalue weighted by atomic mass is 10.0. The van der Waals surface area contributed by atoms with Crippen molar-refractivity contribution in [2.24, 2.45) is 5.73 Å². The number of nitrogens with two attached hydrogens (primary N) is 1. The van der Waals surface area contributed by atoms with Crippen LogP contribution >= 0.6 is 0 Å². The first kappa shape index (κ1) is 15.4. The number of alkyl halides is 3. The average molecular weight is 241 g/mol. The molecule has 0 aromatic heterocycles. The normalized spacial score (nSPS) is 13.8. The van der Waals surface area contributed by atoms with Crippen LogP contribution in [0.2, 0.25) is 0 Å². The van der Waals surface area contributed by atoms with E-state index in [1.165, 1.54) is 7.11 Å². The van der Waals surface area contributed by atoms with Gasteiger partial charge in [-0.05, 0) is 19.3 Å². The van der Waals surface area contributed by atoms with E-state index in [-0.39, 0.29) is 18.6 Å². The Morgan fingerprint density at radius 3 is 2.50 bits per heavy atom. The van der Waals surface area contributed by atoms with Gasteiger partial charge in [0.25, 0.3) is 0 Å². The molecule has 0 heterocycles. The molecule has 0 radical (unpaired) electrons. The molecule has 3 nitrogen and oxygen atoms in total. The maximum atomic E-state index is 11.8. The van der Waals surface area contributed by atoms with Gasteiger partial charge < -0.3 is 10.5 Å². The van der Waals surface area contributed by atoms with E-state index in [0.717, 1.165) is 0 Å². The van der Waals surface area contributed by atoms with Crippen LogP contribution in [0.3, 0.4) is 0 Å². The highest BCUT2D eigenvalue weighted by Gasteiger charge is 2.27. The molecule has 0 saturated carbocycles. The molecule has 0 fully saturated rings. The predicted molar refractivity (Wildman–Crippen MR) is 54.0 cm³/mol. The van der Waals surface area contributed by atoms with Gasteiger partial charge in [-0.2, -0.15) is 13.2 Å². The van der Waals surface area contributed by atoms with E-state index >= 15 is 0 Å². The van der Waals surface area contributed by atoms with Crippen LogP contribution in [0.25, 0.3) is 0 Å². The molecule has 0 aliphatic carbocycles. The van der Waals surface area contributed by atoms with Crippen LogP contribution in [0.4, 0.5) is 13.2 Å². The number of methoxy groups -OCH3 is 1. The van der Waals surface area contributed by atoms with Crippen molar-refractivity contribution in [3.63, 3.8) is 0 Å². The van der Waals surface area contributed by atoms with Gasteiger partial charge in [0.05, 0.1) is 6.04 Å². The first-order chi connectivity index (χ1) is 7.37. The zero-order chi connectivity index (χ0) is 12.6. The lowest BCUT2D eigenvalue weighted by molar-refractivity contribution is -0.137. The number of rotatable bonds is 8. The SMILES string of the molecule is COCCCC(N)C(=O)CCCC(F)(F)F. The maximum Gasteiger partial charge on any atom is 0.389 e. The molecule has 6 heteroatoms. The van der Waals surface area contributed by atoms with Crippen LogP contribution in [0.15, 0.2) is 0 Å². The van der Waals surface area contributed by atoms with Gasteiger partial charge in [-0.3, -0.25) is 4.79 Å². The topological polar surface area (TPSA) is 52.3 Å². The van der Waals surface area contributed by atoms with Crippen molar-refractivity contribution >= 4 is 5.78 Å².